The fourth-order valence-electron chi connectivity index (χ4n) is 1.38. The topological polar surface area (TPSA) is 67.0 Å². The Morgan fingerprint density at radius 3 is 3.00 bits per heavy atom. The van der Waals surface area contributed by atoms with Crippen molar-refractivity contribution < 1.29 is 9.53 Å². The molecular formula is C11H18ClN3O2. The van der Waals surface area contributed by atoms with Crippen LogP contribution >= 0.6 is 11.6 Å². The Bertz CT molecular complexity index is 366. The van der Waals surface area contributed by atoms with Crippen LogP contribution in [-0.4, -0.2) is 29.6 Å². The standard InChI is InChI=1S/C11H18ClN3O2/c1-3-4-5-9-14-8(11(12)15-9)6-13-7-10(16)17-2/h13H,3-7H2,1-2H3,(H,14,15). The van der Waals surface area contributed by atoms with Crippen LogP contribution in [0, 0.1) is 0 Å². The lowest BCUT2D eigenvalue weighted by molar-refractivity contribution is -0.139. The summed E-state index contributed by atoms with van der Waals surface area (Å²) in [6, 6.07) is 0. The van der Waals surface area contributed by atoms with Gasteiger partial charge in [0.2, 0.25) is 0 Å². The zero-order chi connectivity index (χ0) is 12.7. The number of hydrogen-bond acceptors (Lipinski definition) is 4. The van der Waals surface area contributed by atoms with Crippen LogP contribution in [0.25, 0.3) is 0 Å². The summed E-state index contributed by atoms with van der Waals surface area (Å²) in [5.41, 5.74) is 0.807. The molecule has 0 unspecified atom stereocenters. The first-order valence-corrected chi connectivity index (χ1v) is 6.06. The second-order valence-electron chi connectivity index (χ2n) is 3.74. The summed E-state index contributed by atoms with van der Waals surface area (Å²) in [7, 11) is 1.36. The van der Waals surface area contributed by atoms with E-state index in [4.69, 9.17) is 11.6 Å². The molecule has 0 aliphatic heterocycles. The van der Waals surface area contributed by atoms with Crippen LogP contribution < -0.4 is 5.32 Å². The van der Waals surface area contributed by atoms with Crippen molar-refractivity contribution in [2.45, 2.75) is 32.7 Å². The van der Waals surface area contributed by atoms with E-state index in [0.717, 1.165) is 30.8 Å². The van der Waals surface area contributed by atoms with Crippen LogP contribution in [0.15, 0.2) is 0 Å². The minimum absolute atomic E-state index is 0.163. The van der Waals surface area contributed by atoms with Crippen LogP contribution in [0.5, 0.6) is 0 Å². The first-order valence-electron chi connectivity index (χ1n) is 5.68. The number of ether oxygens (including phenoxy) is 1. The second-order valence-corrected chi connectivity index (χ2v) is 4.09. The maximum Gasteiger partial charge on any atom is 0.319 e. The molecule has 96 valence electrons. The molecule has 0 aliphatic rings. The highest BCUT2D eigenvalue weighted by Gasteiger charge is 2.08. The van der Waals surface area contributed by atoms with Crippen LogP contribution in [-0.2, 0) is 22.5 Å². The summed E-state index contributed by atoms with van der Waals surface area (Å²) in [5.74, 6) is 0.596. The number of carbonyl (C=O) groups is 1. The highest BCUT2D eigenvalue weighted by Crippen LogP contribution is 2.13. The predicted molar refractivity (Wildman–Crippen MR) is 65.9 cm³/mol. The summed E-state index contributed by atoms with van der Waals surface area (Å²) in [6.45, 7) is 2.77. The largest absolute Gasteiger partial charge is 0.468 e. The van der Waals surface area contributed by atoms with E-state index in [1.165, 1.54) is 7.11 Å². The SMILES string of the molecule is CCCCc1nc(Cl)c(CNCC(=O)OC)[nH]1. The number of imidazole rings is 1. The molecule has 6 heteroatoms. The van der Waals surface area contributed by atoms with Crippen molar-refractivity contribution in [2.24, 2.45) is 0 Å². The molecule has 0 saturated heterocycles. The highest BCUT2D eigenvalue weighted by atomic mass is 35.5. The van der Waals surface area contributed by atoms with E-state index < -0.39 is 0 Å². The molecule has 1 heterocycles. The number of nitrogens with one attached hydrogen (secondary N) is 2. The van der Waals surface area contributed by atoms with E-state index in [1.807, 2.05) is 0 Å². The molecule has 0 spiro atoms. The Labute approximate surface area is 106 Å². The number of unbranched alkanes of at least 4 members (excludes halogenated alkanes) is 1. The molecule has 0 fully saturated rings. The zero-order valence-electron chi connectivity index (χ0n) is 10.2. The summed E-state index contributed by atoms with van der Waals surface area (Å²) >= 11 is 5.97. The summed E-state index contributed by atoms with van der Waals surface area (Å²) in [6.07, 6.45) is 3.10. The van der Waals surface area contributed by atoms with Gasteiger partial charge in [0.05, 0.1) is 19.3 Å². The third-order valence-electron chi connectivity index (χ3n) is 2.34. The number of aromatic nitrogens is 2. The molecule has 1 aromatic heterocycles. The zero-order valence-corrected chi connectivity index (χ0v) is 10.9. The van der Waals surface area contributed by atoms with Crippen molar-refractivity contribution in [2.75, 3.05) is 13.7 Å². The molecule has 0 radical (unpaired) electrons. The summed E-state index contributed by atoms with van der Waals surface area (Å²) < 4.78 is 4.52. The molecule has 0 aromatic carbocycles. The number of halogens is 1. The maximum atomic E-state index is 10.9. The van der Waals surface area contributed by atoms with E-state index in [-0.39, 0.29) is 12.5 Å². The van der Waals surface area contributed by atoms with Crippen LogP contribution in [0.3, 0.4) is 0 Å². The average Bonchev–Trinajstić information content (AvgIpc) is 2.67. The second kappa shape index (κ2) is 7.29. The number of aromatic amines is 1. The number of hydrogen-bond donors (Lipinski definition) is 2. The average molecular weight is 260 g/mol. The van der Waals surface area contributed by atoms with Crippen LogP contribution in [0.4, 0.5) is 0 Å². The first kappa shape index (κ1) is 14.0. The number of nitrogens with zero attached hydrogens (tertiary/aromatic N) is 1. The molecule has 0 saturated carbocycles. The van der Waals surface area contributed by atoms with E-state index >= 15 is 0 Å². The van der Waals surface area contributed by atoms with Gasteiger partial charge < -0.3 is 15.0 Å². The quantitative estimate of drug-likeness (QED) is 0.731. The molecular weight excluding hydrogens is 242 g/mol. The number of methoxy groups -OCH3 is 1. The van der Waals surface area contributed by atoms with Gasteiger partial charge in [0.15, 0.2) is 5.15 Å². The van der Waals surface area contributed by atoms with Crippen molar-refractivity contribution in [3.8, 4) is 0 Å². The smallest absolute Gasteiger partial charge is 0.319 e. The van der Waals surface area contributed by atoms with Gasteiger partial charge in [-0.3, -0.25) is 4.79 Å². The molecule has 0 bridgehead atoms. The third-order valence-corrected chi connectivity index (χ3v) is 2.66. The van der Waals surface area contributed by atoms with Crippen molar-refractivity contribution in [3.63, 3.8) is 0 Å². The first-order chi connectivity index (χ1) is 8.17. The lowest BCUT2D eigenvalue weighted by atomic mass is 10.2. The van der Waals surface area contributed by atoms with E-state index in [1.54, 1.807) is 0 Å². The van der Waals surface area contributed by atoms with E-state index in [0.29, 0.717) is 11.7 Å². The van der Waals surface area contributed by atoms with Gasteiger partial charge in [-0.15, -0.1) is 0 Å². The van der Waals surface area contributed by atoms with E-state index in [2.05, 4.69) is 26.9 Å². The molecule has 0 atom stereocenters. The van der Waals surface area contributed by atoms with Gasteiger partial charge in [-0.25, -0.2) is 4.98 Å². The van der Waals surface area contributed by atoms with Crippen molar-refractivity contribution in [1.82, 2.24) is 15.3 Å². The van der Waals surface area contributed by atoms with Gasteiger partial charge >= 0.3 is 5.97 Å². The number of rotatable bonds is 7. The van der Waals surface area contributed by atoms with E-state index in [9.17, 15) is 4.79 Å². The molecule has 1 rings (SSSR count). The van der Waals surface area contributed by atoms with Gasteiger partial charge in [-0.05, 0) is 6.42 Å². The molecule has 0 aliphatic carbocycles. The van der Waals surface area contributed by atoms with Gasteiger partial charge in [0, 0.05) is 13.0 Å². The Morgan fingerprint density at radius 1 is 1.59 bits per heavy atom. The lowest BCUT2D eigenvalue weighted by Crippen LogP contribution is -2.23. The number of esters is 1. The van der Waals surface area contributed by atoms with Gasteiger partial charge in [-0.1, -0.05) is 24.9 Å². The Hall–Kier alpha value is -1.07. The Kier molecular flexibility index (Phi) is 6.00. The highest BCUT2D eigenvalue weighted by molar-refractivity contribution is 6.30. The molecule has 17 heavy (non-hydrogen) atoms. The minimum Gasteiger partial charge on any atom is -0.468 e. The molecule has 2 N–H and O–H groups in total. The normalized spacial score (nSPS) is 10.5. The van der Waals surface area contributed by atoms with Gasteiger partial charge in [-0.2, -0.15) is 0 Å². The van der Waals surface area contributed by atoms with Crippen LogP contribution in [0.2, 0.25) is 5.15 Å². The Balaban J connectivity index is 2.42. The van der Waals surface area contributed by atoms with Crippen LogP contribution in [0.1, 0.15) is 31.3 Å². The number of H-pyrrole nitrogens is 1. The summed E-state index contributed by atoms with van der Waals surface area (Å²) in [5, 5.41) is 3.40. The molecule has 5 nitrogen and oxygen atoms in total. The van der Waals surface area contributed by atoms with Crippen molar-refractivity contribution in [1.29, 1.82) is 0 Å². The fourth-order valence-corrected chi connectivity index (χ4v) is 1.60. The van der Waals surface area contributed by atoms with Gasteiger partial charge in [0.1, 0.15) is 5.82 Å². The van der Waals surface area contributed by atoms with Crippen molar-refractivity contribution >= 4 is 17.6 Å². The summed E-state index contributed by atoms with van der Waals surface area (Å²) in [4.78, 5) is 18.3. The predicted octanol–water partition coefficient (Wildman–Crippen LogP) is 1.67. The minimum atomic E-state index is -0.299. The Morgan fingerprint density at radius 2 is 2.35 bits per heavy atom. The van der Waals surface area contributed by atoms with Crippen molar-refractivity contribution in [3.05, 3.63) is 16.7 Å². The fraction of sp³-hybridized carbons (Fsp3) is 0.636. The third kappa shape index (κ3) is 4.75. The lowest BCUT2D eigenvalue weighted by Gasteiger charge is -2.01. The van der Waals surface area contributed by atoms with Gasteiger partial charge in [0.25, 0.3) is 0 Å². The molecule has 1 aromatic rings. The number of aryl methyl sites for hydroxylation is 1. The monoisotopic (exact) mass is 259 g/mol. The number of carbonyl (C=O) groups excluding carboxylic acids is 1. The molecule has 0 amide bonds. The maximum absolute atomic E-state index is 10.9.